The van der Waals surface area contributed by atoms with E-state index >= 15 is 0 Å². The van der Waals surface area contributed by atoms with Crippen LogP contribution in [0.25, 0.3) is 0 Å². The topological polar surface area (TPSA) is 35.5 Å². The fourth-order valence-electron chi connectivity index (χ4n) is 0.942. The van der Waals surface area contributed by atoms with Gasteiger partial charge in [-0.05, 0) is 24.3 Å². The molecule has 0 aliphatic carbocycles. The number of hydrogen-bond donors (Lipinski definition) is 0. The molecule has 0 N–H and O–H groups in total. The Hall–Kier alpha value is -1.22. The fourth-order valence-corrected chi connectivity index (χ4v) is 1.02. The number of rotatable bonds is 4. The average molecular weight is 215 g/mol. The van der Waals surface area contributed by atoms with E-state index in [1.165, 1.54) is 0 Å². The zero-order valence-corrected chi connectivity index (χ0v) is 8.58. The predicted molar refractivity (Wildman–Crippen MR) is 54.0 cm³/mol. The summed E-state index contributed by atoms with van der Waals surface area (Å²) < 4.78 is 9.80. The molecule has 76 valence electrons. The van der Waals surface area contributed by atoms with Gasteiger partial charge < -0.3 is 9.47 Å². The second kappa shape index (κ2) is 5.50. The van der Waals surface area contributed by atoms with Crippen LogP contribution >= 0.6 is 11.6 Å². The summed E-state index contributed by atoms with van der Waals surface area (Å²) in [6, 6.07) is 6.71. The van der Waals surface area contributed by atoms with Crippen LogP contribution in [0.5, 0.6) is 5.75 Å². The van der Waals surface area contributed by atoms with E-state index in [1.807, 2.05) is 0 Å². The summed E-state index contributed by atoms with van der Waals surface area (Å²) in [6.45, 7) is 0.229. The second-order valence-corrected chi connectivity index (χ2v) is 2.93. The highest BCUT2D eigenvalue weighted by Crippen LogP contribution is 2.11. The van der Waals surface area contributed by atoms with E-state index in [4.69, 9.17) is 21.1 Å². The maximum Gasteiger partial charge on any atom is 0.338 e. The van der Waals surface area contributed by atoms with Crippen molar-refractivity contribution in [1.29, 1.82) is 0 Å². The molecule has 0 amide bonds. The highest BCUT2D eigenvalue weighted by atomic mass is 35.5. The van der Waals surface area contributed by atoms with Gasteiger partial charge >= 0.3 is 5.97 Å². The number of alkyl halides is 1. The number of benzene rings is 1. The lowest BCUT2D eigenvalue weighted by Gasteiger charge is -2.03. The van der Waals surface area contributed by atoms with Crippen molar-refractivity contribution in [3.63, 3.8) is 0 Å². The van der Waals surface area contributed by atoms with Crippen LogP contribution in [0, 0.1) is 0 Å². The van der Waals surface area contributed by atoms with Gasteiger partial charge in [0, 0.05) is 0 Å². The number of halogens is 1. The summed E-state index contributed by atoms with van der Waals surface area (Å²) in [7, 11) is 1.57. The van der Waals surface area contributed by atoms with Crippen LogP contribution in [0.15, 0.2) is 24.3 Å². The molecule has 4 heteroatoms. The molecule has 0 aliphatic heterocycles. The second-order valence-electron chi connectivity index (χ2n) is 2.55. The van der Waals surface area contributed by atoms with Crippen molar-refractivity contribution < 1.29 is 14.3 Å². The van der Waals surface area contributed by atoms with Gasteiger partial charge in [0.05, 0.1) is 18.6 Å². The quantitative estimate of drug-likeness (QED) is 0.569. The third-order valence-electron chi connectivity index (χ3n) is 1.64. The van der Waals surface area contributed by atoms with Gasteiger partial charge in [-0.15, -0.1) is 11.6 Å². The lowest BCUT2D eigenvalue weighted by molar-refractivity contribution is 0.0529. The normalized spacial score (nSPS) is 9.57. The molecule has 3 nitrogen and oxygen atoms in total. The van der Waals surface area contributed by atoms with Crippen molar-refractivity contribution in [1.82, 2.24) is 0 Å². The molecule has 0 aliphatic rings. The number of carbonyl (C=O) groups excluding carboxylic acids is 1. The first-order valence-corrected chi connectivity index (χ1v) is 4.68. The Bertz CT molecular complexity index is 295. The molecule has 0 fully saturated rings. The molecule has 0 atom stereocenters. The lowest BCUT2D eigenvalue weighted by Crippen LogP contribution is -2.06. The van der Waals surface area contributed by atoms with E-state index in [2.05, 4.69) is 0 Å². The van der Waals surface area contributed by atoms with E-state index in [-0.39, 0.29) is 12.6 Å². The number of methoxy groups -OCH3 is 1. The van der Waals surface area contributed by atoms with Crippen molar-refractivity contribution in [2.45, 2.75) is 0 Å². The van der Waals surface area contributed by atoms with Crippen molar-refractivity contribution in [3.8, 4) is 5.75 Å². The minimum atomic E-state index is -0.367. The molecule has 14 heavy (non-hydrogen) atoms. The highest BCUT2D eigenvalue weighted by Gasteiger charge is 2.05. The molecule has 1 aromatic carbocycles. The number of hydrogen-bond acceptors (Lipinski definition) is 3. The van der Waals surface area contributed by atoms with Gasteiger partial charge in [0.25, 0.3) is 0 Å². The molecule has 0 spiro atoms. The summed E-state index contributed by atoms with van der Waals surface area (Å²) in [5, 5.41) is 0. The van der Waals surface area contributed by atoms with Crippen molar-refractivity contribution in [2.75, 3.05) is 19.6 Å². The number of ether oxygens (including phenoxy) is 2. The third-order valence-corrected chi connectivity index (χ3v) is 1.79. The Morgan fingerprint density at radius 2 is 2.00 bits per heavy atom. The first-order valence-electron chi connectivity index (χ1n) is 4.15. The van der Waals surface area contributed by atoms with Crippen LogP contribution in [-0.4, -0.2) is 25.6 Å². The fraction of sp³-hybridized carbons (Fsp3) is 0.300. The summed E-state index contributed by atoms with van der Waals surface area (Å²) in [5.41, 5.74) is 0.496. The van der Waals surface area contributed by atoms with E-state index in [1.54, 1.807) is 31.4 Å². The molecule has 0 unspecified atom stereocenters. The van der Waals surface area contributed by atoms with Gasteiger partial charge in [0.1, 0.15) is 12.4 Å². The van der Waals surface area contributed by atoms with Crippen LogP contribution in [0.2, 0.25) is 0 Å². The van der Waals surface area contributed by atoms with Crippen molar-refractivity contribution in [2.24, 2.45) is 0 Å². The van der Waals surface area contributed by atoms with Gasteiger partial charge in [-0.2, -0.15) is 0 Å². The Kier molecular flexibility index (Phi) is 4.26. The molecule has 0 aromatic heterocycles. The van der Waals surface area contributed by atoms with Crippen molar-refractivity contribution >= 4 is 17.6 Å². The van der Waals surface area contributed by atoms with Crippen LogP contribution in [-0.2, 0) is 4.74 Å². The maximum atomic E-state index is 11.3. The van der Waals surface area contributed by atoms with E-state index in [0.717, 1.165) is 0 Å². The van der Waals surface area contributed by atoms with Crippen molar-refractivity contribution in [3.05, 3.63) is 29.8 Å². The van der Waals surface area contributed by atoms with E-state index in [0.29, 0.717) is 17.2 Å². The standard InChI is InChI=1S/C10H11ClO3/c1-13-9-4-2-8(3-5-9)10(12)14-7-6-11/h2-5H,6-7H2,1H3. The molecule has 0 bridgehead atoms. The first kappa shape index (κ1) is 10.9. The molecule has 0 saturated carbocycles. The Morgan fingerprint density at radius 3 is 2.50 bits per heavy atom. The first-order chi connectivity index (χ1) is 6.77. The summed E-state index contributed by atoms with van der Waals surface area (Å²) >= 11 is 5.38. The van der Waals surface area contributed by atoms with Crippen LogP contribution in [0.3, 0.4) is 0 Å². The molecule has 0 heterocycles. The number of esters is 1. The summed E-state index contributed by atoms with van der Waals surface area (Å²) in [4.78, 5) is 11.3. The van der Waals surface area contributed by atoms with E-state index < -0.39 is 0 Å². The van der Waals surface area contributed by atoms with E-state index in [9.17, 15) is 4.79 Å². The Labute approximate surface area is 87.6 Å². The van der Waals surface area contributed by atoms with Gasteiger partial charge in [0.15, 0.2) is 0 Å². The van der Waals surface area contributed by atoms with Gasteiger partial charge in [0.2, 0.25) is 0 Å². The SMILES string of the molecule is COc1ccc(C(=O)OCCCl)cc1. The minimum absolute atomic E-state index is 0.229. The molecule has 0 radical (unpaired) electrons. The summed E-state index contributed by atoms with van der Waals surface area (Å²) in [5.74, 6) is 0.647. The zero-order chi connectivity index (χ0) is 10.4. The third kappa shape index (κ3) is 2.92. The molecular weight excluding hydrogens is 204 g/mol. The monoisotopic (exact) mass is 214 g/mol. The average Bonchev–Trinajstić information content (AvgIpc) is 2.26. The predicted octanol–water partition coefficient (Wildman–Crippen LogP) is 2.09. The molecule has 0 saturated heterocycles. The number of carbonyl (C=O) groups is 1. The van der Waals surface area contributed by atoms with Gasteiger partial charge in [-0.25, -0.2) is 4.79 Å². The molecule has 1 aromatic rings. The Balaban J connectivity index is 2.62. The highest BCUT2D eigenvalue weighted by molar-refractivity contribution is 6.18. The maximum absolute atomic E-state index is 11.3. The van der Waals surface area contributed by atoms with Crippen LogP contribution in [0.1, 0.15) is 10.4 Å². The smallest absolute Gasteiger partial charge is 0.338 e. The molecular formula is C10H11ClO3. The summed E-state index contributed by atoms with van der Waals surface area (Å²) in [6.07, 6.45) is 0. The largest absolute Gasteiger partial charge is 0.497 e. The van der Waals surface area contributed by atoms with Crippen LogP contribution in [0.4, 0.5) is 0 Å². The van der Waals surface area contributed by atoms with Gasteiger partial charge in [-0.1, -0.05) is 0 Å². The van der Waals surface area contributed by atoms with Crippen LogP contribution < -0.4 is 4.74 Å². The molecule has 1 rings (SSSR count). The zero-order valence-electron chi connectivity index (χ0n) is 7.83. The minimum Gasteiger partial charge on any atom is -0.497 e. The lowest BCUT2D eigenvalue weighted by atomic mass is 10.2. The Morgan fingerprint density at radius 1 is 1.36 bits per heavy atom. The van der Waals surface area contributed by atoms with Gasteiger partial charge in [-0.3, -0.25) is 0 Å².